The van der Waals surface area contributed by atoms with Crippen LogP contribution in [0.25, 0.3) is 11.3 Å². The van der Waals surface area contributed by atoms with Crippen LogP contribution in [-0.2, 0) is 17.7 Å². The number of halogens is 6. The summed E-state index contributed by atoms with van der Waals surface area (Å²) >= 11 is 6.31. The first-order valence-electron chi connectivity index (χ1n) is 9.40. The molecule has 0 aliphatic rings. The zero-order chi connectivity index (χ0) is 23.6. The van der Waals surface area contributed by atoms with E-state index in [9.17, 15) is 26.7 Å². The number of esters is 1. The molecule has 0 atom stereocenters. The molecule has 0 bridgehead atoms. The molecule has 1 aromatic heterocycles. The van der Waals surface area contributed by atoms with Gasteiger partial charge in [0.05, 0.1) is 17.7 Å². The molecule has 0 aliphatic carbocycles. The third kappa shape index (κ3) is 5.47. The summed E-state index contributed by atoms with van der Waals surface area (Å²) < 4.78 is 76.6. The smallest absolute Gasteiger partial charge is 0.394 e. The molecule has 1 aromatic carbocycles. The van der Waals surface area contributed by atoms with E-state index < -0.39 is 30.6 Å². The number of aromatic nitrogens is 2. The van der Waals surface area contributed by atoms with Crippen molar-refractivity contribution in [3.63, 3.8) is 0 Å². The highest BCUT2D eigenvalue weighted by Gasteiger charge is 2.47. The Balaban J connectivity index is 2.60. The zero-order valence-electron chi connectivity index (χ0n) is 17.3. The van der Waals surface area contributed by atoms with Gasteiger partial charge in [-0.05, 0) is 38.0 Å². The van der Waals surface area contributed by atoms with Crippen molar-refractivity contribution in [3.05, 3.63) is 34.5 Å². The van der Waals surface area contributed by atoms with Crippen LogP contribution in [0.4, 0.5) is 22.0 Å². The number of carbonyl (C=O) groups excluding carboxylic acids is 1. The number of hydrogen-bond donors (Lipinski definition) is 0. The van der Waals surface area contributed by atoms with Crippen LogP contribution in [0.5, 0.6) is 5.75 Å². The molecule has 2 aromatic rings. The third-order valence-corrected chi connectivity index (χ3v) is 4.95. The minimum Gasteiger partial charge on any atom is -0.461 e. The molecule has 0 fully saturated rings. The van der Waals surface area contributed by atoms with Gasteiger partial charge in [-0.2, -0.15) is 27.1 Å². The number of rotatable bonds is 8. The summed E-state index contributed by atoms with van der Waals surface area (Å²) in [6.07, 6.45) is -4.95. The summed E-state index contributed by atoms with van der Waals surface area (Å²) in [5, 5.41) is 3.94. The standard InChI is InChI=1S/C20H22ClF5N2O3/c1-5-28-16(14(21)15(27-28)17(29)30-6-2)12-8-7-11(9-13(12)31-18(22)23)10-19(3,4)20(24,25)26/h7-9,18H,5-6,10H2,1-4H3. The van der Waals surface area contributed by atoms with Gasteiger partial charge in [0.1, 0.15) is 10.8 Å². The van der Waals surface area contributed by atoms with Crippen LogP contribution in [0.15, 0.2) is 18.2 Å². The molecule has 0 unspecified atom stereocenters. The lowest BCUT2D eigenvalue weighted by molar-refractivity contribution is -0.211. The van der Waals surface area contributed by atoms with Crippen LogP contribution in [-0.4, -0.2) is 35.1 Å². The Hall–Kier alpha value is -2.36. The fourth-order valence-corrected chi connectivity index (χ4v) is 3.25. The molecule has 0 spiro atoms. The van der Waals surface area contributed by atoms with Gasteiger partial charge in [-0.1, -0.05) is 31.5 Å². The highest BCUT2D eigenvalue weighted by Crippen LogP contribution is 2.43. The van der Waals surface area contributed by atoms with Crippen LogP contribution in [0, 0.1) is 5.41 Å². The minimum absolute atomic E-state index is 0.0590. The average Bonchev–Trinajstić information content (AvgIpc) is 2.97. The Morgan fingerprint density at radius 2 is 1.87 bits per heavy atom. The number of aryl methyl sites for hydroxylation is 1. The van der Waals surface area contributed by atoms with E-state index in [4.69, 9.17) is 16.3 Å². The van der Waals surface area contributed by atoms with E-state index in [1.54, 1.807) is 13.8 Å². The third-order valence-electron chi connectivity index (χ3n) is 4.59. The monoisotopic (exact) mass is 468 g/mol. The first kappa shape index (κ1) is 24.9. The van der Waals surface area contributed by atoms with E-state index in [0.717, 1.165) is 19.9 Å². The van der Waals surface area contributed by atoms with Gasteiger partial charge in [0.25, 0.3) is 0 Å². The molecule has 0 N–H and O–H groups in total. The van der Waals surface area contributed by atoms with Gasteiger partial charge < -0.3 is 9.47 Å². The van der Waals surface area contributed by atoms with Gasteiger partial charge >= 0.3 is 18.8 Å². The van der Waals surface area contributed by atoms with Gasteiger partial charge in [-0.25, -0.2) is 4.79 Å². The molecule has 2 rings (SSSR count). The van der Waals surface area contributed by atoms with Gasteiger partial charge in [0.2, 0.25) is 0 Å². The highest BCUT2D eigenvalue weighted by molar-refractivity contribution is 6.36. The maximum Gasteiger partial charge on any atom is 0.394 e. The molecule has 0 aliphatic heterocycles. The molecular formula is C20H22ClF5N2O3. The second kappa shape index (κ2) is 9.42. The molecule has 31 heavy (non-hydrogen) atoms. The Morgan fingerprint density at radius 3 is 2.39 bits per heavy atom. The Labute approximate surface area is 181 Å². The second-order valence-corrected chi connectivity index (χ2v) is 7.69. The lowest BCUT2D eigenvalue weighted by atomic mass is 9.84. The van der Waals surface area contributed by atoms with Crippen LogP contribution < -0.4 is 4.74 Å². The fourth-order valence-electron chi connectivity index (χ4n) is 2.93. The first-order valence-corrected chi connectivity index (χ1v) is 9.78. The highest BCUT2D eigenvalue weighted by atomic mass is 35.5. The maximum absolute atomic E-state index is 13.2. The van der Waals surface area contributed by atoms with Gasteiger partial charge in [0.15, 0.2) is 5.69 Å². The second-order valence-electron chi connectivity index (χ2n) is 7.31. The SMILES string of the molecule is CCOC(=O)c1nn(CC)c(-c2ccc(CC(C)(C)C(F)(F)F)cc2OC(F)F)c1Cl. The van der Waals surface area contributed by atoms with E-state index in [-0.39, 0.29) is 46.4 Å². The number of hydrogen-bond acceptors (Lipinski definition) is 4. The van der Waals surface area contributed by atoms with Crippen molar-refractivity contribution in [1.82, 2.24) is 9.78 Å². The lowest BCUT2D eigenvalue weighted by Crippen LogP contribution is -2.34. The van der Waals surface area contributed by atoms with E-state index in [1.165, 1.54) is 16.8 Å². The number of carbonyl (C=O) groups is 1. The Bertz CT molecular complexity index is 942. The maximum atomic E-state index is 13.2. The summed E-state index contributed by atoms with van der Waals surface area (Å²) in [5.74, 6) is -1.17. The van der Waals surface area contributed by atoms with Crippen LogP contribution in [0.2, 0.25) is 5.02 Å². The Morgan fingerprint density at radius 1 is 1.23 bits per heavy atom. The van der Waals surface area contributed by atoms with Crippen molar-refractivity contribution < 1.29 is 36.2 Å². The van der Waals surface area contributed by atoms with Gasteiger partial charge in [-0.15, -0.1) is 0 Å². The minimum atomic E-state index is -4.49. The fraction of sp³-hybridized carbons (Fsp3) is 0.500. The summed E-state index contributed by atoms with van der Waals surface area (Å²) in [4.78, 5) is 12.1. The summed E-state index contributed by atoms with van der Waals surface area (Å²) in [5.41, 5.74) is -1.97. The molecule has 0 saturated carbocycles. The molecule has 11 heteroatoms. The molecular weight excluding hydrogens is 447 g/mol. The van der Waals surface area contributed by atoms with Gasteiger partial charge in [0, 0.05) is 12.1 Å². The molecule has 1 heterocycles. The van der Waals surface area contributed by atoms with Crippen LogP contribution in [0.1, 0.15) is 43.7 Å². The van der Waals surface area contributed by atoms with E-state index in [2.05, 4.69) is 9.84 Å². The average molecular weight is 469 g/mol. The summed E-state index contributed by atoms with van der Waals surface area (Å²) in [6, 6.07) is 3.81. The van der Waals surface area contributed by atoms with Gasteiger partial charge in [-0.3, -0.25) is 4.68 Å². The van der Waals surface area contributed by atoms with Crippen molar-refractivity contribution in [2.24, 2.45) is 5.41 Å². The van der Waals surface area contributed by atoms with Crippen LogP contribution >= 0.6 is 11.6 Å². The van der Waals surface area contributed by atoms with Crippen molar-refractivity contribution in [3.8, 4) is 17.0 Å². The lowest BCUT2D eigenvalue weighted by Gasteiger charge is -2.28. The number of ether oxygens (including phenoxy) is 2. The topological polar surface area (TPSA) is 53.3 Å². The predicted molar refractivity (Wildman–Crippen MR) is 104 cm³/mol. The van der Waals surface area contributed by atoms with Crippen molar-refractivity contribution in [1.29, 1.82) is 0 Å². The summed E-state index contributed by atoms with van der Waals surface area (Å²) in [7, 11) is 0. The van der Waals surface area contributed by atoms with E-state index in [1.807, 2.05) is 0 Å². The summed E-state index contributed by atoms with van der Waals surface area (Å²) in [6.45, 7) is 2.39. The molecule has 0 saturated heterocycles. The molecule has 5 nitrogen and oxygen atoms in total. The predicted octanol–water partition coefficient (Wildman–Crippen LogP) is 6.13. The van der Waals surface area contributed by atoms with E-state index in [0.29, 0.717) is 0 Å². The normalized spacial score (nSPS) is 12.4. The molecule has 0 amide bonds. The number of alkyl halides is 5. The van der Waals surface area contributed by atoms with Crippen molar-refractivity contribution >= 4 is 17.6 Å². The quantitative estimate of drug-likeness (QED) is 0.345. The van der Waals surface area contributed by atoms with Crippen LogP contribution in [0.3, 0.4) is 0 Å². The zero-order valence-corrected chi connectivity index (χ0v) is 18.1. The largest absolute Gasteiger partial charge is 0.461 e. The molecule has 172 valence electrons. The molecule has 0 radical (unpaired) electrons. The Kier molecular flexibility index (Phi) is 7.57. The number of benzene rings is 1. The number of nitrogens with zero attached hydrogens (tertiary/aromatic N) is 2. The van der Waals surface area contributed by atoms with Crippen molar-refractivity contribution in [2.45, 2.75) is 53.4 Å². The first-order chi connectivity index (χ1) is 14.3. The van der Waals surface area contributed by atoms with Crippen molar-refractivity contribution in [2.75, 3.05) is 6.61 Å². The van der Waals surface area contributed by atoms with E-state index >= 15 is 0 Å².